The van der Waals surface area contributed by atoms with E-state index in [9.17, 15) is 9.18 Å². The number of rotatable bonds is 2. The molecule has 0 atom stereocenters. The van der Waals surface area contributed by atoms with Gasteiger partial charge in [0.2, 0.25) is 0 Å². The lowest BCUT2D eigenvalue weighted by atomic mass is 10.2. The second kappa shape index (κ2) is 7.34. The molecule has 0 rings (SSSR count). The normalized spacial score (nSPS) is 7.11. The number of allylic oxidation sites excluding steroid dienone is 1. The predicted octanol–water partition coefficient (Wildman–Crippen LogP) is 2.13. The van der Waals surface area contributed by atoms with E-state index in [2.05, 4.69) is 6.58 Å². The maximum atomic E-state index is 11.3. The van der Waals surface area contributed by atoms with Crippen LogP contribution in [0.1, 0.15) is 20.8 Å². The third-order valence-corrected chi connectivity index (χ3v) is 0.659. The highest BCUT2D eigenvalue weighted by Gasteiger charge is 1.95. The number of carbonyl (C=O) groups excluding carboxylic acids is 1. The minimum Gasteiger partial charge on any atom is -0.295 e. The monoisotopic (exact) mass is 132 g/mol. The quantitative estimate of drug-likeness (QED) is 0.526. The van der Waals surface area contributed by atoms with Crippen LogP contribution in [0.5, 0.6) is 0 Å². The Kier molecular flexibility index (Phi) is 9.12. The van der Waals surface area contributed by atoms with Crippen molar-refractivity contribution in [3.05, 3.63) is 12.2 Å². The van der Waals surface area contributed by atoms with Gasteiger partial charge in [0, 0.05) is 5.57 Å². The zero-order chi connectivity index (χ0) is 7.86. The van der Waals surface area contributed by atoms with E-state index in [-0.39, 0.29) is 11.4 Å². The molecule has 0 aliphatic carbocycles. The summed E-state index contributed by atoms with van der Waals surface area (Å²) in [7, 11) is 0. The number of carbonyl (C=O) groups is 1. The third-order valence-electron chi connectivity index (χ3n) is 0.659. The summed E-state index contributed by atoms with van der Waals surface area (Å²) in [6, 6.07) is 0. The Bertz CT molecular complexity index is 97.1. The number of hydrogen-bond donors (Lipinski definition) is 0. The van der Waals surface area contributed by atoms with Gasteiger partial charge in [-0.3, -0.25) is 4.79 Å². The Hall–Kier alpha value is -0.660. The van der Waals surface area contributed by atoms with Crippen LogP contribution in [0.3, 0.4) is 0 Å². The summed E-state index contributed by atoms with van der Waals surface area (Å²) in [6.07, 6.45) is 0. The summed E-state index contributed by atoms with van der Waals surface area (Å²) >= 11 is 0. The van der Waals surface area contributed by atoms with Crippen LogP contribution in [-0.2, 0) is 4.79 Å². The van der Waals surface area contributed by atoms with Crippen LogP contribution in [0, 0.1) is 0 Å². The van der Waals surface area contributed by atoms with Crippen molar-refractivity contribution in [3.63, 3.8) is 0 Å². The van der Waals surface area contributed by atoms with Crippen LogP contribution in [0.2, 0.25) is 0 Å². The first-order chi connectivity index (χ1) is 4.18. The van der Waals surface area contributed by atoms with E-state index < -0.39 is 6.67 Å². The Morgan fingerprint density at radius 1 is 1.56 bits per heavy atom. The van der Waals surface area contributed by atoms with Crippen molar-refractivity contribution < 1.29 is 9.18 Å². The van der Waals surface area contributed by atoms with Crippen molar-refractivity contribution in [2.24, 2.45) is 0 Å². The van der Waals surface area contributed by atoms with Gasteiger partial charge in [-0.15, -0.1) is 0 Å². The lowest BCUT2D eigenvalue weighted by Crippen LogP contribution is -1.94. The SMILES string of the molecule is C=C(CF)C(C)=O.CC. The van der Waals surface area contributed by atoms with Crippen molar-refractivity contribution in [1.82, 2.24) is 0 Å². The summed E-state index contributed by atoms with van der Waals surface area (Å²) in [5.41, 5.74) is 0.0417. The number of hydrogen-bond acceptors (Lipinski definition) is 1. The Labute approximate surface area is 55.6 Å². The van der Waals surface area contributed by atoms with Gasteiger partial charge in [0.05, 0.1) is 0 Å². The van der Waals surface area contributed by atoms with Crippen LogP contribution in [0.15, 0.2) is 12.2 Å². The molecule has 0 aromatic carbocycles. The maximum absolute atomic E-state index is 11.3. The molecule has 0 aromatic heterocycles. The largest absolute Gasteiger partial charge is 0.295 e. The van der Waals surface area contributed by atoms with Crippen molar-refractivity contribution >= 4 is 5.78 Å². The molecule has 1 nitrogen and oxygen atoms in total. The minimum absolute atomic E-state index is 0.0417. The Morgan fingerprint density at radius 2 is 1.89 bits per heavy atom. The lowest BCUT2D eigenvalue weighted by Gasteiger charge is -1.86. The van der Waals surface area contributed by atoms with Gasteiger partial charge in [-0.05, 0) is 6.92 Å². The first-order valence-electron chi connectivity index (χ1n) is 2.93. The van der Waals surface area contributed by atoms with E-state index in [0.29, 0.717) is 0 Å². The maximum Gasteiger partial charge on any atom is 0.157 e. The van der Waals surface area contributed by atoms with Crippen molar-refractivity contribution in [2.45, 2.75) is 20.8 Å². The molecule has 0 saturated heterocycles. The highest BCUT2D eigenvalue weighted by Crippen LogP contribution is 1.89. The smallest absolute Gasteiger partial charge is 0.157 e. The molecule has 0 N–H and O–H groups in total. The summed E-state index contributed by atoms with van der Waals surface area (Å²) in [5, 5.41) is 0. The van der Waals surface area contributed by atoms with Crippen LogP contribution >= 0.6 is 0 Å². The van der Waals surface area contributed by atoms with Crippen LogP contribution in [-0.4, -0.2) is 12.5 Å². The number of ketones is 1. The van der Waals surface area contributed by atoms with Crippen molar-refractivity contribution in [1.29, 1.82) is 0 Å². The molecule has 0 bridgehead atoms. The first kappa shape index (κ1) is 11.2. The predicted molar refractivity (Wildman–Crippen MR) is 37.1 cm³/mol. The van der Waals surface area contributed by atoms with Crippen LogP contribution in [0.25, 0.3) is 0 Å². The zero-order valence-corrected chi connectivity index (χ0v) is 6.20. The topological polar surface area (TPSA) is 17.1 Å². The van der Waals surface area contributed by atoms with Gasteiger partial charge in [0.15, 0.2) is 5.78 Å². The molecule has 0 spiro atoms. The van der Waals surface area contributed by atoms with Gasteiger partial charge in [-0.1, -0.05) is 20.4 Å². The van der Waals surface area contributed by atoms with Gasteiger partial charge in [-0.25, -0.2) is 4.39 Å². The molecule has 0 fully saturated rings. The average Bonchev–Trinajstić information content (AvgIpc) is 1.91. The molecular formula is C7H13FO. The van der Waals surface area contributed by atoms with Gasteiger partial charge >= 0.3 is 0 Å². The molecule has 0 aromatic rings. The van der Waals surface area contributed by atoms with Gasteiger partial charge in [0.1, 0.15) is 6.67 Å². The second-order valence-electron chi connectivity index (χ2n) is 1.29. The molecule has 0 aliphatic rings. The molecule has 0 radical (unpaired) electrons. The number of Topliss-reactive ketones (excluding diaryl/α,β-unsaturated/α-hetero) is 1. The summed E-state index contributed by atoms with van der Waals surface area (Å²) in [4.78, 5) is 10.0. The first-order valence-corrected chi connectivity index (χ1v) is 2.93. The van der Waals surface area contributed by atoms with E-state index in [1.165, 1.54) is 6.92 Å². The fourth-order valence-corrected chi connectivity index (χ4v) is 0.0941. The summed E-state index contributed by atoms with van der Waals surface area (Å²) in [5.74, 6) is -0.275. The van der Waals surface area contributed by atoms with Gasteiger partial charge in [-0.2, -0.15) is 0 Å². The van der Waals surface area contributed by atoms with E-state index >= 15 is 0 Å². The number of alkyl halides is 1. The third kappa shape index (κ3) is 7.34. The molecular weight excluding hydrogens is 119 g/mol. The van der Waals surface area contributed by atoms with E-state index in [4.69, 9.17) is 0 Å². The van der Waals surface area contributed by atoms with E-state index in [1.54, 1.807) is 0 Å². The molecule has 54 valence electrons. The molecule has 9 heavy (non-hydrogen) atoms. The highest BCUT2D eigenvalue weighted by atomic mass is 19.1. The fourth-order valence-electron chi connectivity index (χ4n) is 0.0941. The molecule has 0 heterocycles. The molecule has 2 heteroatoms. The average molecular weight is 132 g/mol. The van der Waals surface area contributed by atoms with Crippen molar-refractivity contribution in [3.8, 4) is 0 Å². The second-order valence-corrected chi connectivity index (χ2v) is 1.29. The Balaban J connectivity index is 0. The highest BCUT2D eigenvalue weighted by molar-refractivity contribution is 5.92. The van der Waals surface area contributed by atoms with Crippen LogP contribution in [0.4, 0.5) is 4.39 Å². The molecule has 0 unspecified atom stereocenters. The van der Waals surface area contributed by atoms with E-state index in [1.807, 2.05) is 13.8 Å². The van der Waals surface area contributed by atoms with Crippen molar-refractivity contribution in [2.75, 3.05) is 6.67 Å². The summed E-state index contributed by atoms with van der Waals surface area (Å²) in [6.45, 7) is 7.71. The standard InChI is InChI=1S/C5H7FO.C2H6/c1-4(3-6)5(2)7;1-2/h1,3H2,2H3;1-2H3. The molecule has 0 aliphatic heterocycles. The van der Waals surface area contributed by atoms with Crippen LogP contribution < -0.4 is 0 Å². The van der Waals surface area contributed by atoms with Gasteiger partial charge < -0.3 is 0 Å². The number of halogens is 1. The molecule has 0 amide bonds. The molecule has 0 saturated carbocycles. The lowest BCUT2D eigenvalue weighted by molar-refractivity contribution is -0.113. The van der Waals surface area contributed by atoms with Gasteiger partial charge in [0.25, 0.3) is 0 Å². The van der Waals surface area contributed by atoms with E-state index in [0.717, 1.165) is 0 Å². The Morgan fingerprint density at radius 3 is 1.89 bits per heavy atom. The fraction of sp³-hybridized carbons (Fsp3) is 0.571. The minimum atomic E-state index is -0.727. The zero-order valence-electron chi connectivity index (χ0n) is 6.20. The summed E-state index contributed by atoms with van der Waals surface area (Å²) < 4.78 is 11.3.